The second kappa shape index (κ2) is 6.63. The lowest BCUT2D eigenvalue weighted by molar-refractivity contribution is -0.146. The highest BCUT2D eigenvalue weighted by Gasteiger charge is 2.78. The van der Waals surface area contributed by atoms with Crippen molar-refractivity contribution in [1.29, 1.82) is 0 Å². The number of ether oxygens (including phenoxy) is 2. The zero-order valence-corrected chi connectivity index (χ0v) is 18.0. The molecule has 2 saturated carbocycles. The Morgan fingerprint density at radius 2 is 1.97 bits per heavy atom. The summed E-state index contributed by atoms with van der Waals surface area (Å²) in [6.45, 7) is 9.14. The number of rotatable bonds is 3. The van der Waals surface area contributed by atoms with Crippen LogP contribution in [0.25, 0.3) is 0 Å². The normalized spacial score (nSPS) is 45.3. The number of aromatic nitrogens is 2. The van der Waals surface area contributed by atoms with Gasteiger partial charge in [-0.05, 0) is 31.2 Å². The van der Waals surface area contributed by atoms with Crippen LogP contribution >= 0.6 is 0 Å². The summed E-state index contributed by atoms with van der Waals surface area (Å²) in [4.78, 5) is 26.3. The Hall–Kier alpha value is -1.73. The summed E-state index contributed by atoms with van der Waals surface area (Å²) in [5, 5.41) is 0. The van der Waals surface area contributed by atoms with Gasteiger partial charge < -0.3 is 14.4 Å². The van der Waals surface area contributed by atoms with Crippen LogP contribution in [0.15, 0.2) is 18.5 Å². The molecule has 7 unspecified atom stereocenters. The summed E-state index contributed by atoms with van der Waals surface area (Å²) in [6, 6.07) is 1.84. The zero-order chi connectivity index (χ0) is 20.5. The third-order valence-corrected chi connectivity index (χ3v) is 8.86. The number of hydrogen-bond donors (Lipinski definition) is 0. The highest BCUT2D eigenvalue weighted by atomic mass is 16.6. The van der Waals surface area contributed by atoms with Crippen LogP contribution in [0.3, 0.4) is 0 Å². The van der Waals surface area contributed by atoms with E-state index in [0.29, 0.717) is 5.92 Å². The van der Waals surface area contributed by atoms with Gasteiger partial charge in [0.05, 0.1) is 12.0 Å². The third-order valence-electron chi connectivity index (χ3n) is 8.86. The van der Waals surface area contributed by atoms with Crippen LogP contribution in [0.1, 0.15) is 39.5 Å². The summed E-state index contributed by atoms with van der Waals surface area (Å²) in [7, 11) is 0. The number of piperazine rings is 1. The van der Waals surface area contributed by atoms with E-state index in [2.05, 4.69) is 33.6 Å². The van der Waals surface area contributed by atoms with Gasteiger partial charge in [-0.2, -0.15) is 0 Å². The van der Waals surface area contributed by atoms with Crippen LogP contribution in [0.4, 0.5) is 5.95 Å². The molecule has 0 radical (unpaired) electrons. The largest absolute Gasteiger partial charge is 0.462 e. The molecule has 30 heavy (non-hydrogen) atoms. The van der Waals surface area contributed by atoms with Gasteiger partial charge >= 0.3 is 5.97 Å². The van der Waals surface area contributed by atoms with E-state index in [9.17, 15) is 4.79 Å². The topological polar surface area (TPSA) is 71.1 Å². The van der Waals surface area contributed by atoms with Gasteiger partial charge in [-0.1, -0.05) is 20.3 Å². The molecule has 1 aromatic rings. The predicted molar refractivity (Wildman–Crippen MR) is 111 cm³/mol. The molecular weight excluding hydrogens is 380 g/mol. The van der Waals surface area contributed by atoms with Crippen molar-refractivity contribution in [3.8, 4) is 0 Å². The SMILES string of the molecule is CC1CCCC2(C)CC3OC(=O)C(CN4CCN(c5ncccn5)CC4)C3C3OC132. The molecule has 3 saturated heterocycles. The summed E-state index contributed by atoms with van der Waals surface area (Å²) >= 11 is 0. The van der Waals surface area contributed by atoms with E-state index in [0.717, 1.165) is 45.1 Å². The van der Waals surface area contributed by atoms with Gasteiger partial charge in [0.15, 0.2) is 0 Å². The van der Waals surface area contributed by atoms with Crippen molar-refractivity contribution in [2.45, 2.75) is 57.3 Å². The van der Waals surface area contributed by atoms with Crippen molar-refractivity contribution in [2.24, 2.45) is 23.2 Å². The van der Waals surface area contributed by atoms with Crippen LogP contribution in [-0.2, 0) is 14.3 Å². The van der Waals surface area contributed by atoms with Gasteiger partial charge in [-0.25, -0.2) is 9.97 Å². The first kappa shape index (κ1) is 19.0. The lowest BCUT2D eigenvalue weighted by Crippen LogP contribution is -2.55. The summed E-state index contributed by atoms with van der Waals surface area (Å²) < 4.78 is 12.5. The van der Waals surface area contributed by atoms with Crippen molar-refractivity contribution in [3.05, 3.63) is 18.5 Å². The quantitative estimate of drug-likeness (QED) is 0.556. The maximum Gasteiger partial charge on any atom is 0.311 e. The minimum atomic E-state index is -0.0578. The molecule has 2 aliphatic carbocycles. The molecule has 5 fully saturated rings. The Labute approximate surface area is 178 Å². The van der Waals surface area contributed by atoms with Crippen molar-refractivity contribution in [1.82, 2.24) is 14.9 Å². The Balaban J connectivity index is 1.15. The van der Waals surface area contributed by atoms with Crippen LogP contribution in [0.5, 0.6) is 0 Å². The smallest absolute Gasteiger partial charge is 0.311 e. The molecule has 0 bridgehead atoms. The summed E-state index contributed by atoms with van der Waals surface area (Å²) in [5.41, 5.74) is 0.148. The van der Waals surface area contributed by atoms with E-state index in [1.807, 2.05) is 6.07 Å². The number of carbonyl (C=O) groups is 1. The van der Waals surface area contributed by atoms with Crippen molar-refractivity contribution in [2.75, 3.05) is 37.6 Å². The molecule has 0 N–H and O–H groups in total. The average Bonchev–Trinajstić information content (AvgIpc) is 3.44. The fraction of sp³-hybridized carbons (Fsp3) is 0.783. The number of esters is 1. The fourth-order valence-electron chi connectivity index (χ4n) is 7.31. The third kappa shape index (κ3) is 2.60. The molecule has 6 rings (SSSR count). The first-order valence-electron chi connectivity index (χ1n) is 11.6. The summed E-state index contributed by atoms with van der Waals surface area (Å²) in [6.07, 6.45) is 8.49. The molecule has 3 aliphatic heterocycles. The highest BCUT2D eigenvalue weighted by molar-refractivity contribution is 5.76. The van der Waals surface area contributed by atoms with Crippen LogP contribution in [-0.4, -0.2) is 71.4 Å². The first-order valence-corrected chi connectivity index (χ1v) is 11.6. The van der Waals surface area contributed by atoms with E-state index >= 15 is 0 Å². The van der Waals surface area contributed by atoms with Crippen molar-refractivity contribution < 1.29 is 14.3 Å². The van der Waals surface area contributed by atoms with E-state index < -0.39 is 0 Å². The fourth-order valence-corrected chi connectivity index (χ4v) is 7.31. The highest BCUT2D eigenvalue weighted by Crippen LogP contribution is 2.70. The molecule has 0 aromatic carbocycles. The molecule has 7 heteroatoms. The number of carbonyl (C=O) groups excluding carboxylic acids is 1. The zero-order valence-electron chi connectivity index (χ0n) is 18.0. The maximum atomic E-state index is 12.9. The number of epoxide rings is 1. The number of fused-ring (bicyclic) bond motifs is 2. The average molecular weight is 413 g/mol. The Morgan fingerprint density at radius 1 is 1.20 bits per heavy atom. The summed E-state index contributed by atoms with van der Waals surface area (Å²) in [5.74, 6) is 1.54. The lowest BCUT2D eigenvalue weighted by atomic mass is 9.53. The number of hydrogen-bond acceptors (Lipinski definition) is 7. The minimum absolute atomic E-state index is 0.000581. The standard InChI is InChI=1S/C23H32N4O3/c1-15-5-3-6-22(2)13-17-18(19-23(15,22)30-19)16(20(28)29-17)14-26-9-11-27(12-10-26)21-24-7-4-8-25-21/h4,7-8,15-19H,3,5-6,9-14H2,1-2H3. The molecule has 4 heterocycles. The number of anilines is 1. The van der Waals surface area contributed by atoms with Crippen LogP contribution in [0, 0.1) is 23.2 Å². The molecule has 7 atom stereocenters. The molecular formula is C23H32N4O3. The molecule has 7 nitrogen and oxygen atoms in total. The van der Waals surface area contributed by atoms with E-state index in [1.54, 1.807) is 12.4 Å². The van der Waals surface area contributed by atoms with E-state index in [4.69, 9.17) is 9.47 Å². The predicted octanol–water partition coefficient (Wildman–Crippen LogP) is 2.12. The lowest BCUT2D eigenvalue weighted by Gasteiger charge is -2.49. The monoisotopic (exact) mass is 412 g/mol. The second-order valence-electron chi connectivity index (χ2n) is 10.4. The van der Waals surface area contributed by atoms with Gasteiger partial charge in [0.2, 0.25) is 5.95 Å². The maximum absolute atomic E-state index is 12.9. The van der Waals surface area contributed by atoms with Gasteiger partial charge in [0.1, 0.15) is 11.7 Å². The first-order chi connectivity index (χ1) is 14.5. The molecule has 0 amide bonds. The van der Waals surface area contributed by atoms with Gasteiger partial charge in [-0.3, -0.25) is 9.69 Å². The Morgan fingerprint density at radius 3 is 2.73 bits per heavy atom. The molecule has 1 spiro atoms. The van der Waals surface area contributed by atoms with E-state index in [1.165, 1.54) is 19.3 Å². The van der Waals surface area contributed by atoms with Crippen LogP contribution < -0.4 is 4.90 Å². The van der Waals surface area contributed by atoms with Crippen molar-refractivity contribution in [3.63, 3.8) is 0 Å². The van der Waals surface area contributed by atoms with Gasteiger partial charge in [0, 0.05) is 56.5 Å². The Kier molecular flexibility index (Phi) is 4.20. The van der Waals surface area contributed by atoms with Crippen molar-refractivity contribution >= 4 is 11.9 Å². The van der Waals surface area contributed by atoms with Gasteiger partial charge in [-0.15, -0.1) is 0 Å². The molecule has 1 aromatic heterocycles. The minimum Gasteiger partial charge on any atom is -0.462 e. The van der Waals surface area contributed by atoms with Gasteiger partial charge in [0.25, 0.3) is 0 Å². The number of nitrogens with zero attached hydrogens (tertiary/aromatic N) is 4. The Bertz CT molecular complexity index is 829. The van der Waals surface area contributed by atoms with Crippen LogP contribution in [0.2, 0.25) is 0 Å². The molecule has 162 valence electrons. The molecule has 5 aliphatic rings. The second-order valence-corrected chi connectivity index (χ2v) is 10.4. The van der Waals surface area contributed by atoms with E-state index in [-0.39, 0.29) is 41.0 Å².